The van der Waals surface area contributed by atoms with Crippen molar-refractivity contribution < 1.29 is 4.79 Å². The van der Waals surface area contributed by atoms with Crippen LogP contribution in [0.25, 0.3) is 10.9 Å². The molecule has 1 aliphatic rings. The molecule has 0 radical (unpaired) electrons. The van der Waals surface area contributed by atoms with Crippen molar-refractivity contribution in [3.8, 4) is 0 Å². The van der Waals surface area contributed by atoms with Crippen LogP contribution in [0, 0.1) is 11.3 Å². The average Bonchev–Trinajstić information content (AvgIpc) is 2.96. The molecule has 0 aliphatic carbocycles. The van der Waals surface area contributed by atoms with Crippen LogP contribution >= 0.6 is 0 Å². The molecule has 0 unspecified atom stereocenters. The fraction of sp³-hybridized carbons (Fsp3) is 0.550. The number of fused-ring (bicyclic) bond motifs is 1. The predicted molar refractivity (Wildman–Crippen MR) is 98.7 cm³/mol. The van der Waals surface area contributed by atoms with Gasteiger partial charge in [0.2, 0.25) is 5.91 Å². The lowest BCUT2D eigenvalue weighted by Gasteiger charge is -2.39. The van der Waals surface area contributed by atoms with Gasteiger partial charge in [0.15, 0.2) is 0 Å². The first-order chi connectivity index (χ1) is 11.4. The zero-order valence-corrected chi connectivity index (χ0v) is 15.0. The summed E-state index contributed by atoms with van der Waals surface area (Å²) < 4.78 is 0. The van der Waals surface area contributed by atoms with E-state index in [4.69, 9.17) is 5.73 Å². The van der Waals surface area contributed by atoms with E-state index in [0.29, 0.717) is 17.8 Å². The van der Waals surface area contributed by atoms with E-state index >= 15 is 0 Å². The van der Waals surface area contributed by atoms with Crippen LogP contribution in [0.4, 0.5) is 0 Å². The molecule has 3 rings (SSSR count). The molecule has 24 heavy (non-hydrogen) atoms. The van der Waals surface area contributed by atoms with Gasteiger partial charge in [0.1, 0.15) is 0 Å². The van der Waals surface area contributed by atoms with E-state index < -0.39 is 6.04 Å². The van der Waals surface area contributed by atoms with Crippen LogP contribution in [-0.4, -0.2) is 34.9 Å². The second kappa shape index (κ2) is 6.60. The lowest BCUT2D eigenvalue weighted by molar-refractivity contribution is -0.134. The molecule has 4 nitrogen and oxygen atoms in total. The number of carbonyl (C=O) groups excluding carboxylic acids is 1. The van der Waals surface area contributed by atoms with Gasteiger partial charge in [-0.05, 0) is 42.2 Å². The molecule has 1 atom stereocenters. The molecule has 2 aromatic rings. The number of nitrogens with two attached hydrogens (primary N) is 1. The quantitative estimate of drug-likeness (QED) is 0.908. The number of para-hydroxylation sites is 1. The molecule has 130 valence electrons. The molecule has 1 aliphatic heterocycles. The van der Waals surface area contributed by atoms with E-state index in [1.165, 1.54) is 0 Å². The first-order valence-corrected chi connectivity index (χ1v) is 8.95. The third kappa shape index (κ3) is 3.48. The molecule has 1 amide bonds. The fourth-order valence-corrected chi connectivity index (χ4v) is 3.83. The third-order valence-electron chi connectivity index (χ3n) is 5.46. The Labute approximate surface area is 144 Å². The lowest BCUT2D eigenvalue weighted by Crippen LogP contribution is -2.49. The second-order valence-corrected chi connectivity index (χ2v) is 8.14. The van der Waals surface area contributed by atoms with Gasteiger partial charge in [-0.15, -0.1) is 0 Å². The molecule has 1 fully saturated rings. The molecule has 4 heteroatoms. The Hall–Kier alpha value is -1.81. The van der Waals surface area contributed by atoms with Gasteiger partial charge in [0, 0.05) is 30.2 Å². The predicted octanol–water partition coefficient (Wildman–Crippen LogP) is 3.32. The molecule has 1 aromatic heterocycles. The maximum atomic E-state index is 12.7. The number of H-pyrrole nitrogens is 1. The number of benzene rings is 1. The highest BCUT2D eigenvalue weighted by atomic mass is 16.2. The fourth-order valence-electron chi connectivity index (χ4n) is 3.83. The van der Waals surface area contributed by atoms with E-state index in [2.05, 4.69) is 31.8 Å². The number of carbonyl (C=O) groups is 1. The number of nitrogens with one attached hydrogen (secondary N) is 1. The summed E-state index contributed by atoms with van der Waals surface area (Å²) in [6.07, 6.45) is 4.72. The standard InChI is InChI=1S/C20H29N3O/c1-20(2,3)15-8-10-23(11-9-15)19(24)17(21)12-14-13-22-18-7-5-4-6-16(14)18/h4-7,13,15,17,22H,8-12,21H2,1-3H3/t17-/m0/s1. The van der Waals surface area contributed by atoms with Crippen molar-refractivity contribution in [2.75, 3.05) is 13.1 Å². The van der Waals surface area contributed by atoms with Gasteiger partial charge >= 0.3 is 0 Å². The summed E-state index contributed by atoms with van der Waals surface area (Å²) >= 11 is 0. The number of amides is 1. The van der Waals surface area contributed by atoms with Crippen molar-refractivity contribution in [2.24, 2.45) is 17.1 Å². The SMILES string of the molecule is CC(C)(C)C1CCN(C(=O)[C@@H](N)Cc2c[nH]c3ccccc23)CC1. The molecule has 0 spiro atoms. The van der Waals surface area contributed by atoms with E-state index in [1.54, 1.807) is 0 Å². The summed E-state index contributed by atoms with van der Waals surface area (Å²) in [7, 11) is 0. The van der Waals surface area contributed by atoms with Crippen LogP contribution in [0.15, 0.2) is 30.5 Å². The van der Waals surface area contributed by atoms with Crippen LogP contribution in [0.5, 0.6) is 0 Å². The third-order valence-corrected chi connectivity index (χ3v) is 5.46. The monoisotopic (exact) mass is 327 g/mol. The van der Waals surface area contributed by atoms with Crippen molar-refractivity contribution in [1.29, 1.82) is 0 Å². The van der Waals surface area contributed by atoms with Crippen LogP contribution in [0.2, 0.25) is 0 Å². The number of aromatic nitrogens is 1. The van der Waals surface area contributed by atoms with Gasteiger partial charge in [-0.2, -0.15) is 0 Å². The van der Waals surface area contributed by atoms with Crippen LogP contribution in [0.3, 0.4) is 0 Å². The molecule has 1 aromatic carbocycles. The first-order valence-electron chi connectivity index (χ1n) is 8.95. The minimum atomic E-state index is -0.463. The molecule has 1 saturated heterocycles. The molecule has 0 saturated carbocycles. The van der Waals surface area contributed by atoms with Crippen molar-refractivity contribution in [2.45, 2.75) is 46.1 Å². The minimum Gasteiger partial charge on any atom is -0.361 e. The Morgan fingerprint density at radius 2 is 1.96 bits per heavy atom. The van der Waals surface area contributed by atoms with Crippen LogP contribution in [-0.2, 0) is 11.2 Å². The topological polar surface area (TPSA) is 62.1 Å². The first kappa shape index (κ1) is 17.0. The van der Waals surface area contributed by atoms with Gasteiger partial charge in [-0.3, -0.25) is 4.79 Å². The van der Waals surface area contributed by atoms with Crippen molar-refractivity contribution in [1.82, 2.24) is 9.88 Å². The van der Waals surface area contributed by atoms with Crippen LogP contribution in [0.1, 0.15) is 39.2 Å². The van der Waals surface area contributed by atoms with E-state index in [1.807, 2.05) is 29.3 Å². The number of piperidine rings is 1. The summed E-state index contributed by atoms with van der Waals surface area (Å²) in [5.41, 5.74) is 8.78. The van der Waals surface area contributed by atoms with E-state index in [-0.39, 0.29) is 5.91 Å². The number of likely N-dealkylation sites (tertiary alicyclic amines) is 1. The van der Waals surface area contributed by atoms with Gasteiger partial charge in [-0.25, -0.2) is 0 Å². The minimum absolute atomic E-state index is 0.0904. The summed E-state index contributed by atoms with van der Waals surface area (Å²) in [6.45, 7) is 8.54. The average molecular weight is 327 g/mol. The largest absolute Gasteiger partial charge is 0.361 e. The van der Waals surface area contributed by atoms with Crippen molar-refractivity contribution in [3.05, 3.63) is 36.0 Å². The molecular formula is C20H29N3O. The Bertz CT molecular complexity index is 705. The van der Waals surface area contributed by atoms with Crippen LogP contribution < -0.4 is 5.73 Å². The summed E-state index contributed by atoms with van der Waals surface area (Å²) in [5, 5.41) is 1.16. The Morgan fingerprint density at radius 3 is 2.62 bits per heavy atom. The maximum Gasteiger partial charge on any atom is 0.239 e. The smallest absolute Gasteiger partial charge is 0.239 e. The highest BCUT2D eigenvalue weighted by Crippen LogP contribution is 2.34. The number of aromatic amines is 1. The normalized spacial score (nSPS) is 18.1. The Balaban J connectivity index is 1.61. The lowest BCUT2D eigenvalue weighted by atomic mass is 9.75. The number of hydrogen-bond donors (Lipinski definition) is 2. The zero-order valence-electron chi connectivity index (χ0n) is 15.0. The summed E-state index contributed by atoms with van der Waals surface area (Å²) in [6, 6.07) is 7.68. The van der Waals surface area contributed by atoms with Crippen molar-refractivity contribution in [3.63, 3.8) is 0 Å². The Morgan fingerprint density at radius 1 is 1.29 bits per heavy atom. The second-order valence-electron chi connectivity index (χ2n) is 8.14. The molecule has 2 heterocycles. The van der Waals surface area contributed by atoms with E-state index in [9.17, 15) is 4.79 Å². The van der Waals surface area contributed by atoms with E-state index in [0.717, 1.165) is 42.4 Å². The van der Waals surface area contributed by atoms with Gasteiger partial charge in [0.25, 0.3) is 0 Å². The number of hydrogen-bond acceptors (Lipinski definition) is 2. The summed E-state index contributed by atoms with van der Waals surface area (Å²) in [5.74, 6) is 0.777. The van der Waals surface area contributed by atoms with Gasteiger partial charge < -0.3 is 15.6 Å². The van der Waals surface area contributed by atoms with Crippen molar-refractivity contribution >= 4 is 16.8 Å². The molecule has 0 bridgehead atoms. The highest BCUT2D eigenvalue weighted by Gasteiger charge is 2.32. The number of rotatable bonds is 3. The summed E-state index contributed by atoms with van der Waals surface area (Å²) in [4.78, 5) is 17.9. The number of nitrogens with zero attached hydrogens (tertiary/aromatic N) is 1. The highest BCUT2D eigenvalue weighted by molar-refractivity contribution is 5.86. The maximum absolute atomic E-state index is 12.7. The Kier molecular flexibility index (Phi) is 4.68. The zero-order chi connectivity index (χ0) is 17.3. The molecular weight excluding hydrogens is 298 g/mol. The molecule has 3 N–H and O–H groups in total. The van der Waals surface area contributed by atoms with Gasteiger partial charge in [0.05, 0.1) is 6.04 Å². The van der Waals surface area contributed by atoms with Gasteiger partial charge in [-0.1, -0.05) is 39.0 Å².